The lowest BCUT2D eigenvalue weighted by atomic mass is 10.3. The molecule has 4 aromatic rings. The highest BCUT2D eigenvalue weighted by Crippen LogP contribution is 2.32. The Bertz CT molecular complexity index is 1280. The molecule has 0 atom stereocenters. The topological polar surface area (TPSA) is 83.3 Å². The Morgan fingerprint density at radius 3 is 2.77 bits per heavy atom. The van der Waals surface area contributed by atoms with Crippen molar-refractivity contribution in [3.8, 4) is 0 Å². The maximum absolute atomic E-state index is 12.3. The zero-order valence-corrected chi connectivity index (χ0v) is 17.6. The average Bonchev–Trinajstić information content (AvgIpc) is 3.43. The molecule has 2 aromatic heterocycles. The molecule has 0 radical (unpaired) electrons. The summed E-state index contributed by atoms with van der Waals surface area (Å²) in [5, 5.41) is 5.33. The van der Waals surface area contributed by atoms with Crippen molar-refractivity contribution in [2.75, 3.05) is 0 Å². The van der Waals surface area contributed by atoms with E-state index in [1.54, 1.807) is 30.3 Å². The fraction of sp³-hybridized carbons (Fsp3) is 0. The van der Waals surface area contributed by atoms with E-state index in [9.17, 15) is 4.79 Å². The van der Waals surface area contributed by atoms with Crippen LogP contribution in [0, 0.1) is 0 Å². The summed E-state index contributed by atoms with van der Waals surface area (Å²) >= 11 is 8.54. The summed E-state index contributed by atoms with van der Waals surface area (Å²) in [6.45, 7) is 0. The number of nitrogens with one attached hydrogen (secondary N) is 2. The Hall–Kier alpha value is -2.94. The van der Waals surface area contributed by atoms with Gasteiger partial charge < -0.3 is 14.7 Å². The summed E-state index contributed by atoms with van der Waals surface area (Å²) in [7, 11) is 0. The van der Waals surface area contributed by atoms with E-state index in [1.165, 1.54) is 23.5 Å². The van der Waals surface area contributed by atoms with Gasteiger partial charge in [-0.1, -0.05) is 23.7 Å². The van der Waals surface area contributed by atoms with E-state index in [2.05, 4.69) is 20.3 Å². The van der Waals surface area contributed by atoms with Gasteiger partial charge in [0.1, 0.15) is 5.76 Å². The van der Waals surface area contributed by atoms with Gasteiger partial charge in [-0.3, -0.25) is 4.79 Å². The number of fused-ring (bicyclic) bond motifs is 1. The quantitative estimate of drug-likeness (QED) is 0.379. The zero-order valence-electron chi connectivity index (χ0n) is 15.3. The molecule has 148 valence electrons. The van der Waals surface area contributed by atoms with Crippen LogP contribution in [-0.4, -0.2) is 21.0 Å². The number of amides is 1. The number of H-pyrrole nitrogens is 1. The summed E-state index contributed by atoms with van der Waals surface area (Å²) in [6.07, 6.45) is 1.70. The van der Waals surface area contributed by atoms with Crippen LogP contribution >= 0.6 is 35.1 Å². The standard InChI is InChI=1S/C21H13ClN4O2S2/c22-12-5-7-13(8-6-12)23-20-26-19(27)17(29-20)11-14-9-10-18(28-14)30-21-24-15-3-1-2-4-16(15)25-21/h1-11H,(H,24,25)(H,23,26,27)/b17-11-. The van der Waals surface area contributed by atoms with Gasteiger partial charge in [-0.05, 0) is 72.1 Å². The maximum Gasteiger partial charge on any atom is 0.264 e. The molecule has 2 N–H and O–H groups in total. The molecule has 0 aliphatic carbocycles. The molecule has 1 aliphatic heterocycles. The van der Waals surface area contributed by atoms with E-state index in [0.717, 1.165) is 16.2 Å². The molecule has 0 unspecified atom stereocenters. The second kappa shape index (κ2) is 8.06. The number of halogens is 1. The van der Waals surface area contributed by atoms with E-state index in [-0.39, 0.29) is 5.91 Å². The fourth-order valence-electron chi connectivity index (χ4n) is 2.78. The normalized spacial score (nSPS) is 16.6. The zero-order chi connectivity index (χ0) is 20.5. The van der Waals surface area contributed by atoms with Crippen LogP contribution in [0.5, 0.6) is 0 Å². The molecule has 9 heteroatoms. The minimum atomic E-state index is -0.212. The van der Waals surface area contributed by atoms with Crippen molar-refractivity contribution in [3.05, 3.63) is 76.4 Å². The van der Waals surface area contributed by atoms with Crippen LogP contribution in [0.25, 0.3) is 17.1 Å². The third-order valence-electron chi connectivity index (χ3n) is 4.15. The van der Waals surface area contributed by atoms with Crippen molar-refractivity contribution in [2.24, 2.45) is 4.99 Å². The number of para-hydroxylation sites is 2. The molecule has 6 nitrogen and oxygen atoms in total. The second-order valence-corrected chi connectivity index (χ2v) is 8.74. The van der Waals surface area contributed by atoms with Gasteiger partial charge in [-0.25, -0.2) is 9.98 Å². The number of aromatic amines is 1. The summed E-state index contributed by atoms with van der Waals surface area (Å²) in [5.74, 6) is 0.370. The third-order valence-corrected chi connectivity index (χ3v) is 6.12. The molecule has 0 saturated carbocycles. The number of hydrogen-bond acceptors (Lipinski definition) is 6. The number of rotatable bonds is 4. The molecule has 1 amide bonds. The number of aliphatic imine (C=N–C) groups is 1. The number of furan rings is 1. The van der Waals surface area contributed by atoms with Crippen molar-refractivity contribution in [1.29, 1.82) is 0 Å². The minimum absolute atomic E-state index is 0.212. The first-order valence-corrected chi connectivity index (χ1v) is 10.9. The Kier molecular flexibility index (Phi) is 5.12. The number of hydrogen-bond donors (Lipinski definition) is 2. The molecule has 5 rings (SSSR count). The van der Waals surface area contributed by atoms with Crippen LogP contribution in [0.4, 0.5) is 5.69 Å². The Balaban J connectivity index is 1.31. The van der Waals surface area contributed by atoms with Crippen molar-refractivity contribution >= 4 is 69.0 Å². The van der Waals surface area contributed by atoms with Crippen LogP contribution < -0.4 is 5.32 Å². The molecule has 2 aromatic carbocycles. The average molecular weight is 453 g/mol. The highest BCUT2D eigenvalue weighted by Gasteiger charge is 2.24. The molecule has 0 spiro atoms. The smallest absolute Gasteiger partial charge is 0.264 e. The van der Waals surface area contributed by atoms with Crippen LogP contribution in [0.1, 0.15) is 5.76 Å². The van der Waals surface area contributed by atoms with Crippen LogP contribution in [0.3, 0.4) is 0 Å². The Labute approximate surface area is 184 Å². The number of benzene rings is 2. The number of amidine groups is 1. The summed E-state index contributed by atoms with van der Waals surface area (Å²) < 4.78 is 5.84. The van der Waals surface area contributed by atoms with Gasteiger partial charge in [0.25, 0.3) is 5.91 Å². The van der Waals surface area contributed by atoms with Gasteiger partial charge in [0.2, 0.25) is 0 Å². The Morgan fingerprint density at radius 2 is 1.93 bits per heavy atom. The number of carbonyl (C=O) groups excluding carboxylic acids is 1. The van der Waals surface area contributed by atoms with Gasteiger partial charge in [0.15, 0.2) is 15.4 Å². The van der Waals surface area contributed by atoms with E-state index in [4.69, 9.17) is 16.0 Å². The predicted molar refractivity (Wildman–Crippen MR) is 121 cm³/mol. The second-order valence-electron chi connectivity index (χ2n) is 6.28. The first kappa shape index (κ1) is 19.0. The monoisotopic (exact) mass is 452 g/mol. The van der Waals surface area contributed by atoms with Crippen LogP contribution in [0.15, 0.2) is 85.2 Å². The lowest BCUT2D eigenvalue weighted by Crippen LogP contribution is -2.19. The molecule has 30 heavy (non-hydrogen) atoms. The summed E-state index contributed by atoms with van der Waals surface area (Å²) in [6, 6.07) is 18.6. The van der Waals surface area contributed by atoms with Crippen LogP contribution in [-0.2, 0) is 4.79 Å². The first-order valence-electron chi connectivity index (χ1n) is 8.90. The number of imidazole rings is 1. The van der Waals surface area contributed by atoms with Gasteiger partial charge in [-0.15, -0.1) is 0 Å². The summed E-state index contributed by atoms with van der Waals surface area (Å²) in [5.41, 5.74) is 2.59. The predicted octanol–water partition coefficient (Wildman–Crippen LogP) is 5.85. The van der Waals surface area contributed by atoms with Crippen molar-refractivity contribution in [1.82, 2.24) is 15.3 Å². The molecule has 1 aliphatic rings. The fourth-order valence-corrected chi connectivity index (χ4v) is 4.50. The van der Waals surface area contributed by atoms with E-state index >= 15 is 0 Å². The van der Waals surface area contributed by atoms with Gasteiger partial charge >= 0.3 is 0 Å². The molecule has 1 saturated heterocycles. The molecular weight excluding hydrogens is 440 g/mol. The molecule has 3 heterocycles. The largest absolute Gasteiger partial charge is 0.450 e. The maximum atomic E-state index is 12.3. The van der Waals surface area contributed by atoms with E-state index in [0.29, 0.717) is 31.6 Å². The highest BCUT2D eigenvalue weighted by molar-refractivity contribution is 8.18. The minimum Gasteiger partial charge on any atom is -0.450 e. The number of nitrogens with zero attached hydrogens (tertiary/aromatic N) is 2. The van der Waals surface area contributed by atoms with Crippen molar-refractivity contribution < 1.29 is 9.21 Å². The number of carbonyl (C=O) groups is 1. The van der Waals surface area contributed by atoms with Gasteiger partial charge in [0.05, 0.1) is 21.6 Å². The summed E-state index contributed by atoms with van der Waals surface area (Å²) in [4.78, 5) is 25.0. The van der Waals surface area contributed by atoms with E-state index in [1.807, 2.05) is 36.4 Å². The van der Waals surface area contributed by atoms with Crippen LogP contribution in [0.2, 0.25) is 5.02 Å². The first-order chi connectivity index (χ1) is 14.6. The van der Waals surface area contributed by atoms with Crippen molar-refractivity contribution in [2.45, 2.75) is 10.2 Å². The lowest BCUT2D eigenvalue weighted by Gasteiger charge is -1.96. The van der Waals surface area contributed by atoms with Crippen molar-refractivity contribution in [3.63, 3.8) is 0 Å². The lowest BCUT2D eigenvalue weighted by molar-refractivity contribution is -0.115. The highest BCUT2D eigenvalue weighted by atomic mass is 35.5. The number of aromatic nitrogens is 2. The van der Waals surface area contributed by atoms with Gasteiger partial charge in [0, 0.05) is 11.1 Å². The van der Waals surface area contributed by atoms with Gasteiger partial charge in [-0.2, -0.15) is 0 Å². The van der Waals surface area contributed by atoms with E-state index < -0.39 is 0 Å². The molecule has 1 fully saturated rings. The molecule has 0 bridgehead atoms. The third kappa shape index (κ3) is 4.16. The Morgan fingerprint density at radius 1 is 1.10 bits per heavy atom. The molecular formula is C21H13ClN4O2S2. The number of thioether (sulfide) groups is 1. The SMILES string of the molecule is O=C1NC(=Nc2ccc(Cl)cc2)S/C1=C\c1ccc(Sc2nc3ccccc3[nH]2)o1.